The third-order valence-corrected chi connectivity index (χ3v) is 3.63. The van der Waals surface area contributed by atoms with Gasteiger partial charge in [-0.05, 0) is 45.6 Å². The largest absolute Gasteiger partial charge is 0.493 e. The van der Waals surface area contributed by atoms with Gasteiger partial charge in [0, 0.05) is 11.3 Å². The van der Waals surface area contributed by atoms with E-state index in [1.54, 1.807) is 23.5 Å². The van der Waals surface area contributed by atoms with E-state index in [4.69, 9.17) is 4.74 Å². The van der Waals surface area contributed by atoms with Crippen molar-refractivity contribution in [1.82, 2.24) is 0 Å². The zero-order valence-electron chi connectivity index (χ0n) is 8.45. The molecular weight excluding hydrogens is 291 g/mol. The quantitative estimate of drug-likeness (QED) is 0.819. The Balaban J connectivity index is 1.87. The van der Waals surface area contributed by atoms with Crippen molar-refractivity contribution in [3.8, 4) is 5.75 Å². The molecule has 0 atom stereocenters. The van der Waals surface area contributed by atoms with Crippen LogP contribution in [-0.4, -0.2) is 6.61 Å². The van der Waals surface area contributed by atoms with Crippen LogP contribution in [0.25, 0.3) is 0 Å². The molecular formula is C12H10BrFOS. The maximum atomic E-state index is 12.9. The van der Waals surface area contributed by atoms with Crippen LogP contribution in [0.4, 0.5) is 4.39 Å². The second-order valence-electron chi connectivity index (χ2n) is 3.25. The zero-order valence-corrected chi connectivity index (χ0v) is 10.9. The van der Waals surface area contributed by atoms with Crippen molar-refractivity contribution in [1.29, 1.82) is 0 Å². The van der Waals surface area contributed by atoms with Crippen LogP contribution in [0.3, 0.4) is 0 Å². The number of ether oxygens (including phenoxy) is 1. The van der Waals surface area contributed by atoms with Gasteiger partial charge in [0.15, 0.2) is 0 Å². The first kappa shape index (κ1) is 11.6. The summed E-state index contributed by atoms with van der Waals surface area (Å²) in [7, 11) is 0. The van der Waals surface area contributed by atoms with Crippen molar-refractivity contribution in [3.05, 3.63) is 50.9 Å². The molecule has 0 radical (unpaired) electrons. The molecule has 0 bridgehead atoms. The molecule has 84 valence electrons. The lowest BCUT2D eigenvalue weighted by molar-refractivity contribution is 0.322. The highest BCUT2D eigenvalue weighted by atomic mass is 79.9. The lowest BCUT2D eigenvalue weighted by atomic mass is 10.3. The van der Waals surface area contributed by atoms with Crippen LogP contribution in [0.5, 0.6) is 5.75 Å². The average molecular weight is 301 g/mol. The molecule has 0 amide bonds. The van der Waals surface area contributed by atoms with Gasteiger partial charge in [-0.2, -0.15) is 0 Å². The highest BCUT2D eigenvalue weighted by Crippen LogP contribution is 2.21. The summed E-state index contributed by atoms with van der Waals surface area (Å²) in [6.45, 7) is 0.610. The van der Waals surface area contributed by atoms with Crippen LogP contribution < -0.4 is 4.74 Å². The van der Waals surface area contributed by atoms with E-state index in [0.29, 0.717) is 16.8 Å². The molecule has 0 aliphatic heterocycles. The molecule has 0 fully saturated rings. The molecule has 2 aromatic rings. The molecule has 2 rings (SSSR count). The van der Waals surface area contributed by atoms with Crippen LogP contribution in [0.2, 0.25) is 0 Å². The van der Waals surface area contributed by atoms with Crippen LogP contribution in [0.15, 0.2) is 40.2 Å². The van der Waals surface area contributed by atoms with Crippen molar-refractivity contribution in [2.75, 3.05) is 6.61 Å². The lowest BCUT2D eigenvalue weighted by Crippen LogP contribution is -2.00. The van der Waals surface area contributed by atoms with Crippen LogP contribution in [0, 0.1) is 5.82 Å². The van der Waals surface area contributed by atoms with Gasteiger partial charge in [0.05, 0.1) is 11.1 Å². The Bertz CT molecular complexity index is 456. The number of thiophene rings is 1. The molecule has 0 unspecified atom stereocenters. The summed E-state index contributed by atoms with van der Waals surface area (Å²) >= 11 is 4.84. The average Bonchev–Trinajstić information content (AvgIpc) is 2.76. The van der Waals surface area contributed by atoms with E-state index in [9.17, 15) is 4.39 Å². The smallest absolute Gasteiger partial charge is 0.137 e. The monoisotopic (exact) mass is 300 g/mol. The maximum absolute atomic E-state index is 12.9. The topological polar surface area (TPSA) is 9.23 Å². The molecule has 1 heterocycles. The van der Waals surface area contributed by atoms with E-state index in [2.05, 4.69) is 22.0 Å². The lowest BCUT2D eigenvalue weighted by Gasteiger charge is -2.05. The van der Waals surface area contributed by atoms with Crippen LogP contribution in [0.1, 0.15) is 4.88 Å². The highest BCUT2D eigenvalue weighted by Gasteiger charge is 2.01. The fraction of sp³-hybridized carbons (Fsp3) is 0.167. The van der Waals surface area contributed by atoms with Crippen molar-refractivity contribution >= 4 is 27.3 Å². The minimum absolute atomic E-state index is 0.273. The summed E-state index contributed by atoms with van der Waals surface area (Å²) in [6, 6.07) is 8.77. The van der Waals surface area contributed by atoms with E-state index < -0.39 is 0 Å². The van der Waals surface area contributed by atoms with E-state index in [-0.39, 0.29) is 5.82 Å². The minimum atomic E-state index is -0.273. The van der Waals surface area contributed by atoms with Gasteiger partial charge in [-0.25, -0.2) is 4.39 Å². The summed E-state index contributed by atoms with van der Waals surface area (Å²) < 4.78 is 18.9. The molecule has 0 saturated carbocycles. The first-order chi connectivity index (χ1) is 7.75. The molecule has 0 spiro atoms. The van der Waals surface area contributed by atoms with Crippen molar-refractivity contribution in [3.63, 3.8) is 0 Å². The summed E-state index contributed by atoms with van der Waals surface area (Å²) in [5.41, 5.74) is 0. The Morgan fingerprint density at radius 1 is 1.31 bits per heavy atom. The van der Waals surface area contributed by atoms with E-state index in [1.807, 2.05) is 11.4 Å². The van der Waals surface area contributed by atoms with Gasteiger partial charge < -0.3 is 4.74 Å². The standard InChI is InChI=1S/C12H10BrFOS/c13-11-8-9(3-4-12(11)14)15-6-5-10-2-1-7-16-10/h1-4,7-8H,5-6H2. The Morgan fingerprint density at radius 3 is 2.88 bits per heavy atom. The number of rotatable bonds is 4. The first-order valence-electron chi connectivity index (χ1n) is 4.86. The van der Waals surface area contributed by atoms with Gasteiger partial charge >= 0.3 is 0 Å². The third-order valence-electron chi connectivity index (χ3n) is 2.09. The van der Waals surface area contributed by atoms with Gasteiger partial charge in [-0.1, -0.05) is 6.07 Å². The highest BCUT2D eigenvalue weighted by molar-refractivity contribution is 9.10. The van der Waals surface area contributed by atoms with Crippen molar-refractivity contribution in [2.24, 2.45) is 0 Å². The van der Waals surface area contributed by atoms with Gasteiger partial charge in [0.1, 0.15) is 11.6 Å². The Morgan fingerprint density at radius 2 is 2.19 bits per heavy atom. The number of hydrogen-bond acceptors (Lipinski definition) is 2. The first-order valence-corrected chi connectivity index (χ1v) is 6.53. The van der Waals surface area contributed by atoms with Gasteiger partial charge in [0.2, 0.25) is 0 Å². The Kier molecular flexibility index (Phi) is 3.96. The summed E-state index contributed by atoms with van der Waals surface area (Å²) in [4.78, 5) is 1.29. The molecule has 0 aliphatic rings. The van der Waals surface area contributed by atoms with E-state index in [1.165, 1.54) is 10.9 Å². The van der Waals surface area contributed by atoms with Gasteiger partial charge in [-0.3, -0.25) is 0 Å². The number of benzene rings is 1. The van der Waals surface area contributed by atoms with E-state index >= 15 is 0 Å². The number of hydrogen-bond donors (Lipinski definition) is 0. The Labute approximate surface area is 106 Å². The SMILES string of the molecule is Fc1ccc(OCCc2cccs2)cc1Br. The normalized spacial score (nSPS) is 10.4. The fourth-order valence-corrected chi connectivity index (χ4v) is 2.34. The second-order valence-corrected chi connectivity index (χ2v) is 5.14. The Hall–Kier alpha value is -0.870. The van der Waals surface area contributed by atoms with Crippen LogP contribution in [-0.2, 0) is 6.42 Å². The molecule has 16 heavy (non-hydrogen) atoms. The minimum Gasteiger partial charge on any atom is -0.493 e. The molecule has 1 aromatic heterocycles. The zero-order chi connectivity index (χ0) is 11.4. The third kappa shape index (κ3) is 3.06. The van der Waals surface area contributed by atoms with Gasteiger partial charge in [0.25, 0.3) is 0 Å². The number of halogens is 2. The maximum Gasteiger partial charge on any atom is 0.137 e. The predicted molar refractivity (Wildman–Crippen MR) is 67.6 cm³/mol. The van der Waals surface area contributed by atoms with Gasteiger partial charge in [-0.15, -0.1) is 11.3 Å². The second kappa shape index (κ2) is 5.46. The van der Waals surface area contributed by atoms with Crippen molar-refractivity contribution < 1.29 is 9.13 Å². The predicted octanol–water partition coefficient (Wildman–Crippen LogP) is 4.27. The van der Waals surface area contributed by atoms with Crippen LogP contribution >= 0.6 is 27.3 Å². The molecule has 0 aliphatic carbocycles. The molecule has 4 heteroatoms. The molecule has 0 saturated heterocycles. The van der Waals surface area contributed by atoms with Crippen molar-refractivity contribution in [2.45, 2.75) is 6.42 Å². The summed E-state index contributed by atoms with van der Waals surface area (Å²) in [6.07, 6.45) is 0.882. The molecule has 0 N–H and O–H groups in total. The van der Waals surface area contributed by atoms with E-state index in [0.717, 1.165) is 6.42 Å². The fourth-order valence-electron chi connectivity index (χ4n) is 1.29. The summed E-state index contributed by atoms with van der Waals surface area (Å²) in [5, 5.41) is 2.05. The summed E-state index contributed by atoms with van der Waals surface area (Å²) in [5.74, 6) is 0.412. The molecule has 1 nitrogen and oxygen atoms in total. The molecule has 1 aromatic carbocycles.